The van der Waals surface area contributed by atoms with E-state index in [2.05, 4.69) is 19.1 Å². The molecule has 0 aliphatic rings. The third-order valence-corrected chi connectivity index (χ3v) is 4.17. The standard InChI is InChI=1S/C20H39NO2/c1-2-3-4-5-6-7-8-9-10-11-12-13-14-15-16-17-20(23)19(21)18-22/h9-10,19,22H,2-8,11-18,21H2,1H3/b10-9-/i18D2. The second-order valence-electron chi connectivity index (χ2n) is 6.41. The van der Waals surface area contributed by atoms with Crippen molar-refractivity contribution in [3.63, 3.8) is 0 Å². The Labute approximate surface area is 146 Å². The van der Waals surface area contributed by atoms with Crippen molar-refractivity contribution in [3.8, 4) is 0 Å². The van der Waals surface area contributed by atoms with Crippen LogP contribution < -0.4 is 5.73 Å². The van der Waals surface area contributed by atoms with Gasteiger partial charge in [-0.25, -0.2) is 0 Å². The van der Waals surface area contributed by atoms with E-state index in [0.29, 0.717) is 0 Å². The molecule has 3 heteroatoms. The predicted octanol–water partition coefficient (Wildman–Crippen LogP) is 4.91. The maximum atomic E-state index is 11.6. The first-order valence-corrected chi connectivity index (χ1v) is 9.55. The van der Waals surface area contributed by atoms with E-state index in [1.54, 1.807) is 0 Å². The molecule has 0 rings (SSSR count). The summed E-state index contributed by atoms with van der Waals surface area (Å²) in [4.78, 5) is 11.6. The highest BCUT2D eigenvalue weighted by Crippen LogP contribution is 2.10. The molecule has 1 atom stereocenters. The molecule has 0 fully saturated rings. The number of allylic oxidation sites excluding steroid dienone is 2. The molecule has 3 nitrogen and oxygen atoms in total. The summed E-state index contributed by atoms with van der Waals surface area (Å²) in [5.41, 5.74) is 5.37. The zero-order valence-corrected chi connectivity index (χ0v) is 15.1. The first-order valence-electron chi connectivity index (χ1n) is 10.5. The SMILES string of the molecule is [2H]C([2H])(O)C(N)C(=O)CCCCCCC/C=C\CCCCCCCC. The fourth-order valence-electron chi connectivity index (χ4n) is 2.60. The molecule has 0 heterocycles. The molecule has 23 heavy (non-hydrogen) atoms. The zero-order valence-electron chi connectivity index (χ0n) is 17.1. The maximum absolute atomic E-state index is 11.6. The third kappa shape index (κ3) is 16.0. The van der Waals surface area contributed by atoms with Crippen LogP contribution in [0.3, 0.4) is 0 Å². The molecule has 0 aliphatic heterocycles. The molecule has 0 bridgehead atoms. The van der Waals surface area contributed by atoms with Gasteiger partial charge in [0.2, 0.25) is 0 Å². The van der Waals surface area contributed by atoms with Crippen LogP contribution in [0.2, 0.25) is 0 Å². The second kappa shape index (κ2) is 17.7. The monoisotopic (exact) mass is 327 g/mol. The topological polar surface area (TPSA) is 63.3 Å². The highest BCUT2D eigenvalue weighted by atomic mass is 16.3. The minimum absolute atomic E-state index is 0.249. The van der Waals surface area contributed by atoms with Gasteiger partial charge in [0.25, 0.3) is 0 Å². The number of carbonyl (C=O) groups excluding carboxylic acids is 1. The number of Topliss-reactive ketones (excluding diaryl/α,β-unsaturated/α-hetero) is 1. The van der Waals surface area contributed by atoms with E-state index in [-0.39, 0.29) is 6.42 Å². The number of hydrogen-bond donors (Lipinski definition) is 2. The summed E-state index contributed by atoms with van der Waals surface area (Å²) in [6, 6.07) is -1.43. The van der Waals surface area contributed by atoms with Gasteiger partial charge < -0.3 is 10.8 Å². The summed E-state index contributed by atoms with van der Waals surface area (Å²) in [5.74, 6) is -0.398. The largest absolute Gasteiger partial charge is 0.394 e. The molecule has 0 saturated heterocycles. The van der Waals surface area contributed by atoms with E-state index < -0.39 is 18.4 Å². The summed E-state index contributed by atoms with van der Waals surface area (Å²) < 4.78 is 14.1. The van der Waals surface area contributed by atoms with E-state index in [1.165, 1.54) is 51.4 Å². The van der Waals surface area contributed by atoms with Gasteiger partial charge in [0.1, 0.15) is 0 Å². The fraction of sp³-hybridized carbons (Fsp3) is 0.850. The van der Waals surface area contributed by atoms with Gasteiger partial charge in [0, 0.05) is 6.42 Å². The summed E-state index contributed by atoms with van der Waals surface area (Å²) >= 11 is 0. The third-order valence-electron chi connectivity index (χ3n) is 4.17. The van der Waals surface area contributed by atoms with Gasteiger partial charge in [0.05, 0.1) is 15.3 Å². The van der Waals surface area contributed by atoms with Crippen LogP contribution in [0.4, 0.5) is 0 Å². The van der Waals surface area contributed by atoms with Crippen molar-refractivity contribution in [1.29, 1.82) is 0 Å². The lowest BCUT2D eigenvalue weighted by Crippen LogP contribution is -2.33. The van der Waals surface area contributed by atoms with Crippen LogP contribution in [0, 0.1) is 0 Å². The maximum Gasteiger partial charge on any atom is 0.151 e. The Hall–Kier alpha value is -0.670. The molecule has 0 aliphatic carbocycles. The first-order chi connectivity index (χ1) is 11.9. The van der Waals surface area contributed by atoms with E-state index in [1.807, 2.05) is 0 Å². The number of aliphatic hydroxyl groups is 1. The fourth-order valence-corrected chi connectivity index (χ4v) is 2.60. The van der Waals surface area contributed by atoms with Crippen molar-refractivity contribution in [1.82, 2.24) is 0 Å². The molecule has 0 aromatic rings. The number of unbranched alkanes of at least 4 members (excludes halogenated alkanes) is 11. The minimum atomic E-state index is -2.61. The van der Waals surface area contributed by atoms with Crippen molar-refractivity contribution in [2.45, 2.75) is 103 Å². The average molecular weight is 328 g/mol. The molecule has 0 amide bonds. The van der Waals surface area contributed by atoms with Crippen LogP contribution in [0.1, 0.15) is 99.6 Å². The molecular weight excluding hydrogens is 286 g/mol. The van der Waals surface area contributed by atoms with E-state index >= 15 is 0 Å². The Balaban J connectivity index is 3.36. The van der Waals surface area contributed by atoms with Gasteiger partial charge in [-0.1, -0.05) is 70.4 Å². The average Bonchev–Trinajstić information content (AvgIpc) is 2.56. The predicted molar refractivity (Wildman–Crippen MR) is 99.5 cm³/mol. The van der Waals surface area contributed by atoms with Crippen molar-refractivity contribution < 1.29 is 12.6 Å². The molecule has 0 aromatic heterocycles. The van der Waals surface area contributed by atoms with Gasteiger partial charge in [-0.2, -0.15) is 0 Å². The van der Waals surface area contributed by atoms with Crippen LogP contribution >= 0.6 is 0 Å². The lowest BCUT2D eigenvalue weighted by atomic mass is 10.0. The smallest absolute Gasteiger partial charge is 0.151 e. The lowest BCUT2D eigenvalue weighted by Gasteiger charge is -2.06. The zero-order chi connectivity index (χ0) is 19.0. The highest BCUT2D eigenvalue weighted by Gasteiger charge is 2.10. The molecule has 136 valence electrons. The number of hydrogen-bond acceptors (Lipinski definition) is 3. The van der Waals surface area contributed by atoms with Gasteiger partial charge in [-0.05, 0) is 32.1 Å². The molecular formula is C20H39NO2. The first kappa shape index (κ1) is 18.7. The van der Waals surface area contributed by atoms with Crippen LogP contribution in [-0.4, -0.2) is 23.5 Å². The number of nitrogens with two attached hydrogens (primary N) is 1. The highest BCUT2D eigenvalue weighted by molar-refractivity contribution is 5.83. The van der Waals surface area contributed by atoms with Crippen molar-refractivity contribution in [2.24, 2.45) is 5.73 Å². The molecule has 0 saturated carbocycles. The van der Waals surface area contributed by atoms with Gasteiger partial charge in [-0.3, -0.25) is 4.79 Å². The minimum Gasteiger partial charge on any atom is -0.394 e. The Kier molecular flexibility index (Phi) is 14.3. The van der Waals surface area contributed by atoms with E-state index in [4.69, 9.17) is 13.6 Å². The van der Waals surface area contributed by atoms with Crippen molar-refractivity contribution in [2.75, 3.05) is 6.56 Å². The molecule has 1 unspecified atom stereocenters. The molecule has 0 aromatic carbocycles. The van der Waals surface area contributed by atoms with Crippen LogP contribution in [0.15, 0.2) is 12.2 Å². The van der Waals surface area contributed by atoms with Crippen molar-refractivity contribution >= 4 is 5.78 Å². The Bertz CT molecular complexity index is 354. The van der Waals surface area contributed by atoms with E-state index in [0.717, 1.165) is 32.1 Å². The Morgan fingerprint density at radius 3 is 1.96 bits per heavy atom. The van der Waals surface area contributed by atoms with Crippen LogP contribution in [-0.2, 0) is 4.79 Å². The Morgan fingerprint density at radius 1 is 0.957 bits per heavy atom. The van der Waals surface area contributed by atoms with Crippen LogP contribution in [0.25, 0.3) is 0 Å². The summed E-state index contributed by atoms with van der Waals surface area (Å²) in [7, 11) is 0. The van der Waals surface area contributed by atoms with Crippen molar-refractivity contribution in [3.05, 3.63) is 12.2 Å². The van der Waals surface area contributed by atoms with Gasteiger partial charge in [-0.15, -0.1) is 0 Å². The Morgan fingerprint density at radius 2 is 1.43 bits per heavy atom. The second-order valence-corrected chi connectivity index (χ2v) is 6.41. The number of ketones is 1. The summed E-state index contributed by atoms with van der Waals surface area (Å²) in [6.07, 6.45) is 20.4. The number of rotatable bonds is 17. The van der Waals surface area contributed by atoms with Gasteiger partial charge >= 0.3 is 0 Å². The summed E-state index contributed by atoms with van der Waals surface area (Å²) in [5, 5.41) is 9.06. The quantitative estimate of drug-likeness (QED) is 0.294. The normalized spacial score (nSPS) is 14.7. The van der Waals surface area contributed by atoms with Crippen LogP contribution in [0.5, 0.6) is 0 Å². The molecule has 0 radical (unpaired) electrons. The number of carbonyl (C=O) groups is 1. The van der Waals surface area contributed by atoms with E-state index in [9.17, 15) is 4.79 Å². The summed E-state index contributed by atoms with van der Waals surface area (Å²) in [6.45, 7) is -0.366. The van der Waals surface area contributed by atoms with Gasteiger partial charge in [0.15, 0.2) is 5.78 Å². The lowest BCUT2D eigenvalue weighted by molar-refractivity contribution is -0.121. The molecule has 0 spiro atoms. The molecule has 3 N–H and O–H groups in total.